The Balaban J connectivity index is 2.40. The molecule has 1 aliphatic heterocycles. The molecule has 19 heavy (non-hydrogen) atoms. The first kappa shape index (κ1) is 14.3. The van der Waals surface area contributed by atoms with E-state index in [1.807, 2.05) is 11.8 Å². The Morgan fingerprint density at radius 1 is 1.42 bits per heavy atom. The Bertz CT molecular complexity index is 471. The van der Waals surface area contributed by atoms with Crippen LogP contribution in [0.15, 0.2) is 12.1 Å². The molecule has 0 radical (unpaired) electrons. The van der Waals surface area contributed by atoms with Crippen LogP contribution in [0.1, 0.15) is 43.9 Å². The molecule has 2 rings (SSSR count). The van der Waals surface area contributed by atoms with Gasteiger partial charge in [0.05, 0.1) is 11.7 Å². The minimum absolute atomic E-state index is 0.302. The molecule has 0 aliphatic carbocycles. The number of nitrogens with zero attached hydrogens (tertiary/aromatic N) is 1. The Kier molecular flexibility index (Phi) is 3.83. The van der Waals surface area contributed by atoms with E-state index in [9.17, 15) is 14.6 Å². The van der Waals surface area contributed by atoms with Crippen LogP contribution in [0.4, 0.5) is 10.1 Å². The molecule has 0 spiro atoms. The summed E-state index contributed by atoms with van der Waals surface area (Å²) in [7, 11) is 0. The van der Waals surface area contributed by atoms with Crippen LogP contribution in [-0.2, 0) is 0 Å². The molecule has 1 aliphatic rings. The van der Waals surface area contributed by atoms with Crippen molar-refractivity contribution in [1.29, 1.82) is 0 Å². The number of rotatable bonds is 2. The molecule has 1 fully saturated rings. The van der Waals surface area contributed by atoms with Gasteiger partial charge in [-0.25, -0.2) is 4.39 Å². The van der Waals surface area contributed by atoms with Crippen molar-refractivity contribution in [2.45, 2.75) is 45.3 Å². The van der Waals surface area contributed by atoms with Crippen molar-refractivity contribution in [2.24, 2.45) is 0 Å². The first-order valence-electron chi connectivity index (χ1n) is 6.75. The molecule has 0 amide bonds. The van der Waals surface area contributed by atoms with Crippen LogP contribution in [0.25, 0.3) is 0 Å². The molecule has 0 bridgehead atoms. The topological polar surface area (TPSA) is 43.7 Å². The van der Waals surface area contributed by atoms with Crippen molar-refractivity contribution in [3.05, 3.63) is 29.1 Å². The second kappa shape index (κ2) is 5.10. The second-order valence-electron chi connectivity index (χ2n) is 5.86. The van der Waals surface area contributed by atoms with Gasteiger partial charge in [0.25, 0.3) is 0 Å². The molecule has 1 heterocycles. The van der Waals surface area contributed by atoms with Crippen LogP contribution in [-0.4, -0.2) is 28.9 Å². The minimum atomic E-state index is -0.726. The summed E-state index contributed by atoms with van der Waals surface area (Å²) in [4.78, 5) is 2.04. The van der Waals surface area contributed by atoms with E-state index in [0.29, 0.717) is 17.7 Å². The number of β-amino-alcohol motifs (C(OH)–C–C–N with tert-alkyl or cyclic N) is 1. The van der Waals surface area contributed by atoms with E-state index in [1.54, 1.807) is 19.9 Å². The molecule has 2 atom stereocenters. The van der Waals surface area contributed by atoms with Gasteiger partial charge in [-0.05, 0) is 51.3 Å². The van der Waals surface area contributed by atoms with Gasteiger partial charge in [-0.1, -0.05) is 0 Å². The van der Waals surface area contributed by atoms with Crippen molar-refractivity contribution < 1.29 is 14.6 Å². The van der Waals surface area contributed by atoms with E-state index in [0.717, 1.165) is 25.1 Å². The average Bonchev–Trinajstić information content (AvgIpc) is 2.30. The second-order valence-corrected chi connectivity index (χ2v) is 5.86. The summed E-state index contributed by atoms with van der Waals surface area (Å²) in [5.41, 5.74) is 1.25. The summed E-state index contributed by atoms with van der Waals surface area (Å²) in [6, 6.07) is 3.16. The summed E-state index contributed by atoms with van der Waals surface area (Å²) >= 11 is 0. The molecule has 1 unspecified atom stereocenters. The van der Waals surface area contributed by atoms with E-state index in [-0.39, 0.29) is 5.82 Å². The Morgan fingerprint density at radius 2 is 2.11 bits per heavy atom. The number of aryl methyl sites for hydroxylation is 1. The van der Waals surface area contributed by atoms with E-state index >= 15 is 0 Å². The van der Waals surface area contributed by atoms with Gasteiger partial charge >= 0.3 is 0 Å². The number of hydrogen-bond acceptors (Lipinski definition) is 3. The predicted octanol–water partition coefficient (Wildman–Crippen LogP) is 2.54. The highest BCUT2D eigenvalue weighted by atomic mass is 19.1. The fourth-order valence-electron chi connectivity index (χ4n) is 2.72. The highest BCUT2D eigenvalue weighted by Gasteiger charge is 2.30. The van der Waals surface area contributed by atoms with Crippen LogP contribution in [0.5, 0.6) is 0 Å². The minimum Gasteiger partial charge on any atom is -0.389 e. The van der Waals surface area contributed by atoms with Crippen molar-refractivity contribution in [3.8, 4) is 0 Å². The van der Waals surface area contributed by atoms with Crippen molar-refractivity contribution in [1.82, 2.24) is 0 Å². The van der Waals surface area contributed by atoms with Gasteiger partial charge in [0, 0.05) is 24.3 Å². The first-order chi connectivity index (χ1) is 8.80. The Hall–Kier alpha value is -1.13. The van der Waals surface area contributed by atoms with Crippen LogP contribution in [0, 0.1) is 12.7 Å². The third-order valence-corrected chi connectivity index (χ3v) is 3.77. The van der Waals surface area contributed by atoms with Gasteiger partial charge in [0.2, 0.25) is 0 Å². The highest BCUT2D eigenvalue weighted by Crippen LogP contribution is 2.33. The van der Waals surface area contributed by atoms with E-state index in [1.165, 1.54) is 6.07 Å². The SMILES string of the molecule is Cc1cc(N2CCCC(C)(O)C2)c([C@@H](C)O)cc1F. The predicted molar refractivity (Wildman–Crippen MR) is 73.8 cm³/mol. The smallest absolute Gasteiger partial charge is 0.126 e. The summed E-state index contributed by atoms with van der Waals surface area (Å²) in [5.74, 6) is -0.302. The fraction of sp³-hybridized carbons (Fsp3) is 0.600. The standard InChI is InChI=1S/C15H22FNO2/c1-10-7-14(12(11(2)18)8-13(10)16)17-6-4-5-15(3,19)9-17/h7-8,11,18-19H,4-6,9H2,1-3H3/t11-,15?/m1/s1. The molecule has 1 aromatic carbocycles. The van der Waals surface area contributed by atoms with Gasteiger partial charge in [-0.3, -0.25) is 0 Å². The van der Waals surface area contributed by atoms with E-state index < -0.39 is 11.7 Å². The van der Waals surface area contributed by atoms with Gasteiger partial charge in [0.1, 0.15) is 5.82 Å². The molecule has 3 nitrogen and oxygen atoms in total. The van der Waals surface area contributed by atoms with Gasteiger partial charge in [-0.2, -0.15) is 0 Å². The lowest BCUT2D eigenvalue weighted by Gasteiger charge is -2.39. The zero-order valence-corrected chi connectivity index (χ0v) is 11.8. The third kappa shape index (κ3) is 3.07. The molecule has 2 N–H and O–H groups in total. The number of anilines is 1. The zero-order chi connectivity index (χ0) is 14.2. The Morgan fingerprint density at radius 3 is 2.68 bits per heavy atom. The number of hydrogen-bond donors (Lipinski definition) is 2. The normalized spacial score (nSPS) is 25.5. The van der Waals surface area contributed by atoms with Crippen molar-refractivity contribution in [2.75, 3.05) is 18.0 Å². The molecule has 0 saturated carbocycles. The number of piperidine rings is 1. The lowest BCUT2D eigenvalue weighted by molar-refractivity contribution is 0.0447. The van der Waals surface area contributed by atoms with Gasteiger partial charge < -0.3 is 15.1 Å². The average molecular weight is 267 g/mol. The summed E-state index contributed by atoms with van der Waals surface area (Å²) in [5, 5.41) is 20.0. The van der Waals surface area contributed by atoms with Crippen LogP contribution < -0.4 is 4.90 Å². The fourth-order valence-corrected chi connectivity index (χ4v) is 2.72. The number of benzene rings is 1. The lowest BCUT2D eigenvalue weighted by Crippen LogP contribution is -2.46. The van der Waals surface area contributed by atoms with E-state index in [2.05, 4.69) is 0 Å². The molecule has 1 aromatic rings. The highest BCUT2D eigenvalue weighted by molar-refractivity contribution is 5.57. The maximum atomic E-state index is 13.7. The van der Waals surface area contributed by atoms with Crippen LogP contribution in [0.2, 0.25) is 0 Å². The van der Waals surface area contributed by atoms with Crippen molar-refractivity contribution in [3.63, 3.8) is 0 Å². The van der Waals surface area contributed by atoms with Crippen LogP contribution >= 0.6 is 0 Å². The Labute approximate surface area is 113 Å². The number of halogens is 1. The number of aliphatic hydroxyl groups excluding tert-OH is 1. The molecular weight excluding hydrogens is 245 g/mol. The maximum Gasteiger partial charge on any atom is 0.126 e. The van der Waals surface area contributed by atoms with Gasteiger partial charge in [0.15, 0.2) is 0 Å². The van der Waals surface area contributed by atoms with Gasteiger partial charge in [-0.15, -0.1) is 0 Å². The third-order valence-electron chi connectivity index (χ3n) is 3.77. The molecule has 0 aromatic heterocycles. The van der Waals surface area contributed by atoms with E-state index in [4.69, 9.17) is 0 Å². The summed E-state index contributed by atoms with van der Waals surface area (Å²) in [6.07, 6.45) is 0.938. The molecular formula is C15H22FNO2. The molecule has 4 heteroatoms. The maximum absolute atomic E-state index is 13.7. The largest absolute Gasteiger partial charge is 0.389 e. The molecule has 106 valence electrons. The van der Waals surface area contributed by atoms with Crippen LogP contribution in [0.3, 0.4) is 0 Å². The number of aliphatic hydroxyl groups is 2. The first-order valence-corrected chi connectivity index (χ1v) is 6.75. The lowest BCUT2D eigenvalue weighted by atomic mass is 9.93. The zero-order valence-electron chi connectivity index (χ0n) is 11.8. The summed E-state index contributed by atoms with van der Waals surface area (Å²) < 4.78 is 13.7. The quantitative estimate of drug-likeness (QED) is 0.865. The van der Waals surface area contributed by atoms with Crippen molar-refractivity contribution >= 4 is 5.69 Å². The monoisotopic (exact) mass is 267 g/mol. The molecule has 1 saturated heterocycles. The summed E-state index contributed by atoms with van der Waals surface area (Å²) in [6.45, 7) is 6.50.